The van der Waals surface area contributed by atoms with Gasteiger partial charge in [-0.25, -0.2) is 10.5 Å². The van der Waals surface area contributed by atoms with E-state index in [1.807, 2.05) is 12.1 Å². The van der Waals surface area contributed by atoms with E-state index < -0.39 is 5.91 Å². The number of thiazole rings is 1. The molecule has 0 aliphatic rings. The number of hydrogen-bond acceptors (Lipinski definition) is 7. The SMILES string of the molecule is COc1ccc(-c2nc(Oc3ccccc3C(=O)NO)cs2)cc1OC. The van der Waals surface area contributed by atoms with Gasteiger partial charge in [0.2, 0.25) is 5.88 Å². The molecule has 0 aliphatic heterocycles. The minimum atomic E-state index is -0.657. The van der Waals surface area contributed by atoms with E-state index in [0.29, 0.717) is 23.1 Å². The lowest BCUT2D eigenvalue weighted by atomic mass is 10.2. The minimum Gasteiger partial charge on any atom is -0.493 e. The zero-order valence-electron chi connectivity index (χ0n) is 14.1. The highest BCUT2D eigenvalue weighted by molar-refractivity contribution is 7.13. The highest BCUT2D eigenvalue weighted by Gasteiger charge is 2.14. The Morgan fingerprint density at radius 1 is 1.08 bits per heavy atom. The summed E-state index contributed by atoms with van der Waals surface area (Å²) in [5.74, 6) is 1.22. The largest absolute Gasteiger partial charge is 0.493 e. The maximum atomic E-state index is 11.7. The maximum Gasteiger partial charge on any atom is 0.278 e. The highest BCUT2D eigenvalue weighted by atomic mass is 32.1. The van der Waals surface area contributed by atoms with Gasteiger partial charge in [-0.3, -0.25) is 10.0 Å². The summed E-state index contributed by atoms with van der Waals surface area (Å²) in [7, 11) is 3.15. The van der Waals surface area contributed by atoms with Crippen LogP contribution in [0.3, 0.4) is 0 Å². The van der Waals surface area contributed by atoms with Crippen molar-refractivity contribution >= 4 is 17.2 Å². The van der Waals surface area contributed by atoms with Crippen LogP contribution in [0.4, 0.5) is 0 Å². The zero-order valence-corrected chi connectivity index (χ0v) is 14.9. The number of aromatic nitrogens is 1. The molecule has 0 saturated heterocycles. The molecule has 2 aromatic carbocycles. The van der Waals surface area contributed by atoms with Gasteiger partial charge in [0, 0.05) is 5.56 Å². The Kier molecular flexibility index (Phi) is 5.35. The number of carbonyl (C=O) groups excluding carboxylic acids is 1. The smallest absolute Gasteiger partial charge is 0.278 e. The number of ether oxygens (including phenoxy) is 3. The van der Waals surface area contributed by atoms with Crippen molar-refractivity contribution < 1.29 is 24.2 Å². The molecule has 7 nitrogen and oxygen atoms in total. The summed E-state index contributed by atoms with van der Waals surface area (Å²) in [6, 6.07) is 12.1. The summed E-state index contributed by atoms with van der Waals surface area (Å²) in [5, 5.41) is 11.3. The molecule has 0 bridgehead atoms. The summed E-state index contributed by atoms with van der Waals surface area (Å²) in [6.45, 7) is 0. The van der Waals surface area contributed by atoms with E-state index >= 15 is 0 Å². The third kappa shape index (κ3) is 3.61. The van der Waals surface area contributed by atoms with Gasteiger partial charge >= 0.3 is 0 Å². The van der Waals surface area contributed by atoms with Gasteiger partial charge in [0.25, 0.3) is 5.91 Å². The molecule has 8 heteroatoms. The van der Waals surface area contributed by atoms with Gasteiger partial charge in [0.15, 0.2) is 11.5 Å². The van der Waals surface area contributed by atoms with Crippen LogP contribution in [-0.4, -0.2) is 30.3 Å². The standard InChI is InChI=1S/C18H16N2O5S/c1-23-14-8-7-11(9-15(14)24-2)18-19-16(10-26-18)25-13-6-4-3-5-12(13)17(21)20-22/h3-10,22H,1-2H3,(H,20,21). The van der Waals surface area contributed by atoms with Crippen LogP contribution in [0.2, 0.25) is 0 Å². The Bertz CT molecular complexity index is 925. The molecule has 2 N–H and O–H groups in total. The average Bonchev–Trinajstić information content (AvgIpc) is 3.15. The van der Waals surface area contributed by atoms with Crippen molar-refractivity contribution in [2.45, 2.75) is 0 Å². The van der Waals surface area contributed by atoms with Gasteiger partial charge in [0.1, 0.15) is 10.8 Å². The molecule has 0 unspecified atom stereocenters. The summed E-state index contributed by atoms with van der Waals surface area (Å²) in [5.41, 5.74) is 2.65. The van der Waals surface area contributed by atoms with Gasteiger partial charge < -0.3 is 14.2 Å². The van der Waals surface area contributed by atoms with Gasteiger partial charge in [-0.05, 0) is 30.3 Å². The number of amides is 1. The predicted octanol–water partition coefficient (Wildman–Crippen LogP) is 3.74. The molecular formula is C18H16N2O5S. The lowest BCUT2D eigenvalue weighted by Crippen LogP contribution is -2.19. The van der Waals surface area contributed by atoms with Crippen molar-refractivity contribution in [2.24, 2.45) is 0 Å². The van der Waals surface area contributed by atoms with Crippen molar-refractivity contribution in [3.8, 4) is 33.7 Å². The average molecular weight is 372 g/mol. The highest BCUT2D eigenvalue weighted by Crippen LogP contribution is 2.35. The van der Waals surface area contributed by atoms with E-state index in [-0.39, 0.29) is 5.56 Å². The fourth-order valence-electron chi connectivity index (χ4n) is 2.32. The Morgan fingerprint density at radius 2 is 1.85 bits per heavy atom. The van der Waals surface area contributed by atoms with Crippen LogP contribution in [0.1, 0.15) is 10.4 Å². The van der Waals surface area contributed by atoms with Crippen molar-refractivity contribution in [3.05, 3.63) is 53.4 Å². The first-order chi connectivity index (χ1) is 12.7. The second-order valence-electron chi connectivity index (χ2n) is 5.10. The second kappa shape index (κ2) is 7.85. The lowest BCUT2D eigenvalue weighted by Gasteiger charge is -2.08. The normalized spacial score (nSPS) is 10.3. The van der Waals surface area contributed by atoms with Crippen LogP contribution in [0.25, 0.3) is 10.6 Å². The summed E-state index contributed by atoms with van der Waals surface area (Å²) in [6.07, 6.45) is 0. The monoisotopic (exact) mass is 372 g/mol. The van der Waals surface area contributed by atoms with Crippen LogP contribution in [0, 0.1) is 0 Å². The number of hydroxylamine groups is 1. The second-order valence-corrected chi connectivity index (χ2v) is 5.96. The Morgan fingerprint density at radius 3 is 2.58 bits per heavy atom. The van der Waals surface area contributed by atoms with Crippen LogP contribution in [0.15, 0.2) is 47.8 Å². The van der Waals surface area contributed by atoms with Gasteiger partial charge in [0.05, 0.1) is 25.2 Å². The van der Waals surface area contributed by atoms with Crippen LogP contribution in [0.5, 0.6) is 23.1 Å². The Labute approximate surface area is 153 Å². The molecule has 1 heterocycles. The fourth-order valence-corrected chi connectivity index (χ4v) is 3.04. The molecule has 0 spiro atoms. The Hall–Kier alpha value is -3.10. The van der Waals surface area contributed by atoms with Crippen molar-refractivity contribution in [1.29, 1.82) is 0 Å². The molecule has 0 atom stereocenters. The van der Waals surface area contributed by atoms with Crippen LogP contribution >= 0.6 is 11.3 Å². The van der Waals surface area contributed by atoms with Crippen LogP contribution in [-0.2, 0) is 0 Å². The van der Waals surface area contributed by atoms with E-state index in [9.17, 15) is 4.79 Å². The fraction of sp³-hybridized carbons (Fsp3) is 0.111. The molecule has 0 fully saturated rings. The molecule has 0 saturated carbocycles. The van der Waals surface area contributed by atoms with E-state index in [2.05, 4.69) is 4.98 Å². The third-order valence-corrected chi connectivity index (χ3v) is 4.43. The maximum absolute atomic E-state index is 11.7. The van der Waals surface area contributed by atoms with E-state index in [0.717, 1.165) is 10.6 Å². The molecular weight excluding hydrogens is 356 g/mol. The van der Waals surface area contributed by atoms with Crippen LogP contribution < -0.4 is 19.7 Å². The predicted molar refractivity (Wildman–Crippen MR) is 96.4 cm³/mol. The van der Waals surface area contributed by atoms with E-state index in [4.69, 9.17) is 19.4 Å². The summed E-state index contributed by atoms with van der Waals surface area (Å²) >= 11 is 1.39. The number of methoxy groups -OCH3 is 2. The lowest BCUT2D eigenvalue weighted by molar-refractivity contribution is 0.0704. The van der Waals surface area contributed by atoms with Gasteiger partial charge in [-0.1, -0.05) is 12.1 Å². The molecule has 3 aromatic rings. The third-order valence-electron chi connectivity index (χ3n) is 3.56. The molecule has 0 radical (unpaired) electrons. The zero-order chi connectivity index (χ0) is 18.5. The number of hydrogen-bond donors (Lipinski definition) is 2. The Balaban J connectivity index is 1.87. The van der Waals surface area contributed by atoms with E-state index in [1.54, 1.807) is 55.4 Å². The number of rotatable bonds is 6. The molecule has 26 heavy (non-hydrogen) atoms. The molecule has 1 aromatic heterocycles. The molecule has 0 aliphatic carbocycles. The molecule has 134 valence electrons. The number of nitrogens with zero attached hydrogens (tertiary/aromatic N) is 1. The number of para-hydroxylation sites is 1. The topological polar surface area (TPSA) is 89.9 Å². The molecule has 3 rings (SSSR count). The minimum absolute atomic E-state index is 0.204. The van der Waals surface area contributed by atoms with E-state index in [1.165, 1.54) is 11.3 Å². The number of benzene rings is 2. The first-order valence-electron chi connectivity index (χ1n) is 7.55. The van der Waals surface area contributed by atoms with Gasteiger partial charge in [-0.15, -0.1) is 11.3 Å². The first-order valence-corrected chi connectivity index (χ1v) is 8.43. The quantitative estimate of drug-likeness (QED) is 0.506. The molecule has 1 amide bonds. The number of carbonyl (C=O) groups is 1. The van der Waals surface area contributed by atoms with Crippen molar-refractivity contribution in [3.63, 3.8) is 0 Å². The van der Waals surface area contributed by atoms with Gasteiger partial charge in [-0.2, -0.15) is 0 Å². The first kappa shape index (κ1) is 17.7. The summed E-state index contributed by atoms with van der Waals surface area (Å²) < 4.78 is 16.2. The number of nitrogens with one attached hydrogen (secondary N) is 1. The van der Waals surface area contributed by atoms with Crippen molar-refractivity contribution in [2.75, 3.05) is 14.2 Å². The summed E-state index contributed by atoms with van der Waals surface area (Å²) in [4.78, 5) is 16.1. The van der Waals surface area contributed by atoms with Crippen molar-refractivity contribution in [1.82, 2.24) is 10.5 Å².